The predicted molar refractivity (Wildman–Crippen MR) is 327 cm³/mol. The zero-order valence-corrected chi connectivity index (χ0v) is 46.3. The molecule has 0 heterocycles. The van der Waals surface area contributed by atoms with E-state index in [0.717, 1.165) is 66.7 Å². The standard InChI is InChI=1S/C70H56F4N2Si2/c1-77(2,3)55-33-29-53(30-34-55)75(67-41-59(61(71)43-63(67)73)49-21-17-47(18-22-49)45-13-9-7-10-14-45)65-39-27-51-26-38-58-66(40-28-52-25-37-57(65)69(51)70(52)58)76(54-31-35-56(36-32-54)78(4,5)6)68-42-60(62(72)44-64(68)74)50-23-19-48(20-24-50)46-15-11-8-12-16-46/h7-44H,1-6H3. The Kier molecular flexibility index (Phi) is 12.7. The van der Waals surface area contributed by atoms with Gasteiger partial charge in [0.1, 0.15) is 23.3 Å². The van der Waals surface area contributed by atoms with Crippen molar-refractivity contribution >= 4 is 93.0 Å². The summed E-state index contributed by atoms with van der Waals surface area (Å²) in [7, 11) is -3.48. The summed E-state index contributed by atoms with van der Waals surface area (Å²) in [5.74, 6) is -2.73. The van der Waals surface area contributed by atoms with E-state index < -0.39 is 39.4 Å². The molecular weight excluding hydrogens is 1000 g/mol. The molecule has 0 fully saturated rings. The molecule has 0 saturated carbocycles. The van der Waals surface area contributed by atoms with E-state index in [1.807, 2.05) is 155 Å². The lowest BCUT2D eigenvalue weighted by molar-refractivity contribution is 0.586. The Bertz CT molecular complexity index is 3900. The Labute approximate surface area is 455 Å². The van der Waals surface area contributed by atoms with Gasteiger partial charge >= 0.3 is 0 Å². The Morgan fingerprint density at radius 2 is 0.603 bits per heavy atom. The molecule has 0 aromatic heterocycles. The third-order valence-corrected chi connectivity index (χ3v) is 19.4. The van der Waals surface area contributed by atoms with E-state index in [1.165, 1.54) is 10.4 Å². The van der Waals surface area contributed by atoms with Gasteiger partial charge in [-0.15, -0.1) is 0 Å². The van der Waals surface area contributed by atoms with Crippen molar-refractivity contribution in [1.82, 2.24) is 0 Å². The molecule has 0 radical (unpaired) electrons. The number of hydrogen-bond donors (Lipinski definition) is 0. The summed E-state index contributed by atoms with van der Waals surface area (Å²) in [6.45, 7) is 13.8. The van der Waals surface area contributed by atoms with Crippen LogP contribution in [-0.4, -0.2) is 16.1 Å². The molecule has 0 amide bonds. The molecule has 0 atom stereocenters. The number of rotatable bonds is 12. The molecule has 0 aliphatic heterocycles. The minimum atomic E-state index is -1.74. The van der Waals surface area contributed by atoms with Crippen LogP contribution in [0, 0.1) is 23.3 Å². The SMILES string of the molecule is C[Si](C)(C)c1ccc(N(c2cc(-c3ccc(-c4ccccc4)cc3)c(F)cc2F)c2ccc3ccc4c(N(c5ccc([Si](C)(C)C)cc5)c5cc(-c6ccc(-c7ccccc7)cc6)c(F)cc5F)ccc5ccc2c3c54)cc1. The average molecular weight is 1060 g/mol. The van der Waals surface area contributed by atoms with Gasteiger partial charge in [-0.2, -0.15) is 0 Å². The highest BCUT2D eigenvalue weighted by Gasteiger charge is 2.28. The van der Waals surface area contributed by atoms with Crippen molar-refractivity contribution in [3.05, 3.63) is 254 Å². The highest BCUT2D eigenvalue weighted by molar-refractivity contribution is 6.89. The van der Waals surface area contributed by atoms with Crippen molar-refractivity contribution in [3.63, 3.8) is 0 Å². The van der Waals surface area contributed by atoms with Crippen LogP contribution in [0.3, 0.4) is 0 Å². The molecule has 12 rings (SSSR count). The van der Waals surface area contributed by atoms with Gasteiger partial charge in [-0.25, -0.2) is 17.6 Å². The molecule has 0 aliphatic rings. The first-order valence-electron chi connectivity index (χ1n) is 26.4. The van der Waals surface area contributed by atoms with E-state index in [4.69, 9.17) is 0 Å². The van der Waals surface area contributed by atoms with Crippen LogP contribution in [0.2, 0.25) is 39.3 Å². The molecule has 8 heteroatoms. The van der Waals surface area contributed by atoms with Crippen molar-refractivity contribution in [1.29, 1.82) is 0 Å². The molecule has 12 aromatic rings. The van der Waals surface area contributed by atoms with E-state index in [0.29, 0.717) is 33.9 Å². The normalized spacial score (nSPS) is 12.0. The summed E-state index contributed by atoms with van der Waals surface area (Å²) >= 11 is 0. The van der Waals surface area contributed by atoms with Gasteiger partial charge in [-0.3, -0.25) is 0 Å². The second kappa shape index (κ2) is 19.8. The van der Waals surface area contributed by atoms with E-state index in [1.54, 1.807) is 12.1 Å². The molecular formula is C70H56F4N2Si2. The first-order chi connectivity index (χ1) is 37.6. The predicted octanol–water partition coefficient (Wildman–Crippen LogP) is 19.8. The van der Waals surface area contributed by atoms with Gasteiger partial charge in [-0.1, -0.05) is 220 Å². The number of anilines is 6. The number of hydrogen-bond acceptors (Lipinski definition) is 2. The summed E-state index contributed by atoms with van der Waals surface area (Å²) in [5, 5.41) is 7.95. The maximum Gasteiger partial charge on any atom is 0.150 e. The van der Waals surface area contributed by atoms with Crippen LogP contribution in [0.15, 0.2) is 231 Å². The minimum absolute atomic E-state index is 0.195. The molecule has 78 heavy (non-hydrogen) atoms. The van der Waals surface area contributed by atoms with Crippen molar-refractivity contribution in [3.8, 4) is 44.5 Å². The van der Waals surface area contributed by atoms with Crippen LogP contribution in [-0.2, 0) is 0 Å². The zero-order valence-electron chi connectivity index (χ0n) is 44.3. The third kappa shape index (κ3) is 9.24. The first-order valence-corrected chi connectivity index (χ1v) is 33.4. The lowest BCUT2D eigenvalue weighted by Gasteiger charge is -2.30. The number of halogens is 4. The Hall–Kier alpha value is -8.57. The lowest BCUT2D eigenvalue weighted by Crippen LogP contribution is -2.37. The Morgan fingerprint density at radius 3 is 0.949 bits per heavy atom. The molecule has 2 nitrogen and oxygen atoms in total. The van der Waals surface area contributed by atoms with Crippen LogP contribution in [0.5, 0.6) is 0 Å². The second-order valence-corrected chi connectivity index (χ2v) is 32.5. The number of benzene rings is 12. The fraction of sp³-hybridized carbons (Fsp3) is 0.0857. The van der Waals surface area contributed by atoms with Crippen LogP contribution < -0.4 is 20.2 Å². The second-order valence-electron chi connectivity index (χ2n) is 22.3. The summed E-state index contributed by atoms with van der Waals surface area (Å²) in [5.41, 5.74) is 9.07. The van der Waals surface area contributed by atoms with Crippen LogP contribution in [0.25, 0.3) is 76.8 Å². The first kappa shape index (κ1) is 50.3. The third-order valence-electron chi connectivity index (χ3n) is 15.2. The highest BCUT2D eigenvalue weighted by atomic mass is 28.3. The van der Waals surface area contributed by atoms with E-state index in [2.05, 4.69) is 99.9 Å². The van der Waals surface area contributed by atoms with E-state index in [-0.39, 0.29) is 22.5 Å². The maximum absolute atomic E-state index is 17.0. The van der Waals surface area contributed by atoms with Gasteiger partial charge in [0.2, 0.25) is 0 Å². The molecule has 0 unspecified atom stereocenters. The van der Waals surface area contributed by atoms with Crippen molar-refractivity contribution in [2.24, 2.45) is 0 Å². The topological polar surface area (TPSA) is 6.48 Å². The fourth-order valence-corrected chi connectivity index (χ4v) is 13.3. The van der Waals surface area contributed by atoms with Gasteiger partial charge in [0.05, 0.1) is 38.9 Å². The van der Waals surface area contributed by atoms with Crippen LogP contribution >= 0.6 is 0 Å². The lowest BCUT2D eigenvalue weighted by atomic mass is 9.91. The molecule has 0 spiro atoms. The molecule has 12 aromatic carbocycles. The van der Waals surface area contributed by atoms with Gasteiger partial charge in [0.25, 0.3) is 0 Å². The quantitative estimate of drug-likeness (QED) is 0.0683. The minimum Gasteiger partial charge on any atom is -0.307 e. The highest BCUT2D eigenvalue weighted by Crippen LogP contribution is 2.49. The summed E-state index contributed by atoms with van der Waals surface area (Å²) in [4.78, 5) is 3.82. The smallest absolute Gasteiger partial charge is 0.150 e. The van der Waals surface area contributed by atoms with Gasteiger partial charge < -0.3 is 9.80 Å². The summed E-state index contributed by atoms with van der Waals surface area (Å²) in [6, 6.07) is 73.8. The van der Waals surface area contributed by atoms with Crippen LogP contribution in [0.4, 0.5) is 51.7 Å². The summed E-state index contributed by atoms with van der Waals surface area (Å²) < 4.78 is 66.6. The molecule has 0 aliphatic carbocycles. The molecule has 0 N–H and O–H groups in total. The number of nitrogens with zero attached hydrogens (tertiary/aromatic N) is 2. The van der Waals surface area contributed by atoms with Crippen molar-refractivity contribution in [2.45, 2.75) is 39.3 Å². The molecule has 0 saturated heterocycles. The molecule has 382 valence electrons. The zero-order chi connectivity index (χ0) is 54.0. The fourth-order valence-electron chi connectivity index (χ4n) is 11.0. The molecule has 0 bridgehead atoms. The van der Waals surface area contributed by atoms with Gasteiger partial charge in [0, 0.05) is 45.4 Å². The van der Waals surface area contributed by atoms with Crippen molar-refractivity contribution in [2.75, 3.05) is 9.80 Å². The largest absolute Gasteiger partial charge is 0.307 e. The van der Waals surface area contributed by atoms with Gasteiger partial charge in [-0.05, 0) is 103 Å². The summed E-state index contributed by atoms with van der Waals surface area (Å²) in [6.07, 6.45) is 0. The maximum atomic E-state index is 17.0. The van der Waals surface area contributed by atoms with Crippen molar-refractivity contribution < 1.29 is 17.6 Å². The monoisotopic (exact) mass is 1060 g/mol. The van der Waals surface area contributed by atoms with E-state index >= 15 is 17.6 Å². The van der Waals surface area contributed by atoms with Gasteiger partial charge in [0.15, 0.2) is 0 Å². The Balaban J connectivity index is 1.05. The van der Waals surface area contributed by atoms with Crippen LogP contribution in [0.1, 0.15) is 0 Å². The average Bonchev–Trinajstić information content (AvgIpc) is 3.62. The van der Waals surface area contributed by atoms with E-state index in [9.17, 15) is 0 Å². The Morgan fingerprint density at radius 1 is 0.282 bits per heavy atom.